The van der Waals surface area contributed by atoms with Crippen molar-refractivity contribution in [2.75, 3.05) is 26.2 Å². The highest BCUT2D eigenvalue weighted by Gasteiger charge is 2.23. The molecule has 1 fully saturated rings. The molecule has 1 unspecified atom stereocenters. The maximum Gasteiger partial charge on any atom is 0.266 e. The largest absolute Gasteiger partial charge is 0.490 e. The van der Waals surface area contributed by atoms with Crippen LogP contribution in [0.1, 0.15) is 28.8 Å². The monoisotopic (exact) mass is 540 g/mol. The molecule has 0 radical (unpaired) electrons. The zero-order valence-corrected chi connectivity index (χ0v) is 21.4. The zero-order valence-electron chi connectivity index (χ0n) is 19.9. The molecular formula is C27H26Cl2N4O4. The molecule has 2 heterocycles. The van der Waals surface area contributed by atoms with Crippen molar-refractivity contribution < 1.29 is 14.6 Å². The highest BCUT2D eigenvalue weighted by Crippen LogP contribution is 2.28. The van der Waals surface area contributed by atoms with Crippen molar-refractivity contribution in [2.24, 2.45) is 0 Å². The molecule has 1 aromatic heterocycles. The number of likely N-dealkylation sites (tertiary alicyclic amines) is 1. The maximum absolute atomic E-state index is 13.0. The fourth-order valence-electron chi connectivity index (χ4n) is 4.25. The van der Waals surface area contributed by atoms with Crippen molar-refractivity contribution in [2.45, 2.75) is 25.0 Å². The van der Waals surface area contributed by atoms with E-state index in [9.17, 15) is 20.0 Å². The van der Waals surface area contributed by atoms with Crippen molar-refractivity contribution in [3.05, 3.63) is 86.1 Å². The molecule has 8 nitrogen and oxygen atoms in total. The summed E-state index contributed by atoms with van der Waals surface area (Å²) in [5, 5.41) is 23.5. The number of aromatic amines is 1. The van der Waals surface area contributed by atoms with Crippen LogP contribution < -0.4 is 15.6 Å². The highest BCUT2D eigenvalue weighted by atomic mass is 35.5. The number of nitrogens with one attached hydrogen (secondary N) is 2. The van der Waals surface area contributed by atoms with E-state index >= 15 is 0 Å². The van der Waals surface area contributed by atoms with Gasteiger partial charge in [0.15, 0.2) is 0 Å². The molecular weight excluding hydrogens is 515 g/mol. The maximum atomic E-state index is 13.0. The van der Waals surface area contributed by atoms with Crippen LogP contribution >= 0.6 is 23.2 Å². The Kier molecular flexibility index (Phi) is 8.85. The molecule has 1 amide bonds. The molecule has 192 valence electrons. The summed E-state index contributed by atoms with van der Waals surface area (Å²) in [7, 11) is 0. The van der Waals surface area contributed by atoms with Crippen LogP contribution in [0.3, 0.4) is 0 Å². The molecule has 3 aromatic rings. The number of halogens is 2. The second kappa shape index (κ2) is 12.3. The lowest BCUT2D eigenvalue weighted by Crippen LogP contribution is -2.45. The minimum absolute atomic E-state index is 0.0216. The third kappa shape index (κ3) is 6.90. The number of carbonyl (C=O) groups excluding carboxylic acids is 1. The average Bonchev–Trinajstić information content (AvgIpc) is 2.91. The van der Waals surface area contributed by atoms with Crippen LogP contribution in [-0.2, 0) is 0 Å². The molecule has 0 saturated carbocycles. The lowest BCUT2D eigenvalue weighted by Gasteiger charge is -2.33. The molecule has 4 rings (SSSR count). The number of amides is 1. The van der Waals surface area contributed by atoms with Crippen molar-refractivity contribution in [1.82, 2.24) is 15.2 Å². The topological polar surface area (TPSA) is 118 Å². The third-order valence-electron chi connectivity index (χ3n) is 6.16. The number of H-pyrrole nitrogens is 1. The Morgan fingerprint density at radius 3 is 2.57 bits per heavy atom. The Morgan fingerprint density at radius 2 is 1.89 bits per heavy atom. The number of nitriles is 1. The summed E-state index contributed by atoms with van der Waals surface area (Å²) < 4.78 is 6.01. The standard InChI is InChI=1S/C27H26Cl2N4O4/c28-23-7-6-21(13-24(23)29)37-20-8-10-33(11-9-20)16-19(34)15-31-27(36)22-12-18(14-30)26(35)32-25(22)17-4-2-1-3-5-17/h1-7,12-13,19-20,34H,8-11,15-16H2,(H,31,36)(H,32,35). The highest BCUT2D eigenvalue weighted by molar-refractivity contribution is 6.42. The van der Waals surface area contributed by atoms with Gasteiger partial charge in [0.2, 0.25) is 0 Å². The lowest BCUT2D eigenvalue weighted by atomic mass is 10.0. The van der Waals surface area contributed by atoms with Crippen LogP contribution in [0.4, 0.5) is 0 Å². The first-order valence-corrected chi connectivity index (χ1v) is 12.6. The van der Waals surface area contributed by atoms with E-state index in [4.69, 9.17) is 27.9 Å². The average molecular weight is 541 g/mol. The van der Waals surface area contributed by atoms with E-state index in [-0.39, 0.29) is 23.8 Å². The summed E-state index contributed by atoms with van der Waals surface area (Å²) in [6.07, 6.45) is 0.813. The fraction of sp³-hybridized carbons (Fsp3) is 0.296. The van der Waals surface area contributed by atoms with Gasteiger partial charge in [0.05, 0.1) is 27.4 Å². The van der Waals surface area contributed by atoms with Gasteiger partial charge in [0.1, 0.15) is 23.5 Å². The molecule has 1 aliphatic heterocycles. The van der Waals surface area contributed by atoms with Crippen LogP contribution in [0.5, 0.6) is 5.75 Å². The summed E-state index contributed by atoms with van der Waals surface area (Å²) >= 11 is 12.0. The molecule has 10 heteroatoms. The van der Waals surface area contributed by atoms with E-state index < -0.39 is 17.6 Å². The first-order chi connectivity index (χ1) is 17.8. The predicted octanol–water partition coefficient (Wildman–Crippen LogP) is 3.85. The predicted molar refractivity (Wildman–Crippen MR) is 142 cm³/mol. The van der Waals surface area contributed by atoms with E-state index in [1.807, 2.05) is 12.1 Å². The zero-order chi connectivity index (χ0) is 26.4. The molecule has 1 saturated heterocycles. The number of ether oxygens (including phenoxy) is 1. The van der Waals surface area contributed by atoms with Gasteiger partial charge in [0.25, 0.3) is 11.5 Å². The normalized spacial score (nSPS) is 15.1. The Balaban J connectivity index is 1.30. The number of nitrogens with zero attached hydrogens (tertiary/aromatic N) is 2. The quantitative estimate of drug-likeness (QED) is 0.399. The molecule has 37 heavy (non-hydrogen) atoms. The third-order valence-corrected chi connectivity index (χ3v) is 6.90. The van der Waals surface area contributed by atoms with Gasteiger partial charge >= 0.3 is 0 Å². The van der Waals surface area contributed by atoms with Gasteiger partial charge in [0, 0.05) is 32.2 Å². The Hall–Kier alpha value is -3.35. The summed E-state index contributed by atoms with van der Waals surface area (Å²) in [5.41, 5.74) is 0.400. The van der Waals surface area contributed by atoms with E-state index in [2.05, 4.69) is 15.2 Å². The van der Waals surface area contributed by atoms with Gasteiger partial charge in [-0.25, -0.2) is 0 Å². The molecule has 0 aliphatic carbocycles. The number of aliphatic hydroxyl groups is 1. The van der Waals surface area contributed by atoms with Crippen molar-refractivity contribution >= 4 is 29.1 Å². The summed E-state index contributed by atoms with van der Waals surface area (Å²) in [5.74, 6) is 0.187. The van der Waals surface area contributed by atoms with E-state index in [1.165, 1.54) is 6.07 Å². The van der Waals surface area contributed by atoms with Gasteiger partial charge in [-0.2, -0.15) is 5.26 Å². The molecule has 0 bridgehead atoms. The SMILES string of the molecule is N#Cc1cc(C(=O)NCC(O)CN2CCC(Oc3ccc(Cl)c(Cl)c3)CC2)c(-c2ccccc2)[nH]c1=O. The van der Waals surface area contributed by atoms with Crippen LogP contribution in [0, 0.1) is 11.3 Å². The van der Waals surface area contributed by atoms with Crippen molar-refractivity contribution in [3.8, 4) is 23.1 Å². The second-order valence-electron chi connectivity index (χ2n) is 8.84. The number of hydrogen-bond donors (Lipinski definition) is 3. The van der Waals surface area contributed by atoms with Gasteiger partial charge in [-0.15, -0.1) is 0 Å². The van der Waals surface area contributed by atoms with Crippen LogP contribution in [0.15, 0.2) is 59.4 Å². The van der Waals surface area contributed by atoms with E-state index in [0.717, 1.165) is 25.9 Å². The van der Waals surface area contributed by atoms with Crippen molar-refractivity contribution in [3.63, 3.8) is 0 Å². The number of benzene rings is 2. The Bertz CT molecular complexity index is 1350. The first-order valence-electron chi connectivity index (χ1n) is 11.9. The summed E-state index contributed by atoms with van der Waals surface area (Å²) in [4.78, 5) is 29.9. The van der Waals surface area contributed by atoms with Gasteiger partial charge in [-0.1, -0.05) is 53.5 Å². The Labute approximate surface area is 224 Å². The second-order valence-corrected chi connectivity index (χ2v) is 9.65. The first kappa shape index (κ1) is 26.7. The van der Waals surface area contributed by atoms with Crippen LogP contribution in [0.2, 0.25) is 10.0 Å². The number of pyridine rings is 1. The number of aromatic nitrogens is 1. The summed E-state index contributed by atoms with van der Waals surface area (Å²) in [6, 6.07) is 17.2. The number of piperidine rings is 1. The van der Waals surface area contributed by atoms with Gasteiger partial charge in [-0.3, -0.25) is 9.59 Å². The smallest absolute Gasteiger partial charge is 0.266 e. The minimum atomic E-state index is -0.796. The molecule has 1 atom stereocenters. The molecule has 3 N–H and O–H groups in total. The van der Waals surface area contributed by atoms with Crippen molar-refractivity contribution in [1.29, 1.82) is 5.26 Å². The van der Waals surface area contributed by atoms with Crippen LogP contribution in [-0.4, -0.2) is 59.3 Å². The number of rotatable bonds is 8. The fourth-order valence-corrected chi connectivity index (χ4v) is 4.53. The summed E-state index contributed by atoms with van der Waals surface area (Å²) in [6.45, 7) is 1.88. The number of β-amino-alcohol motifs (C(OH)–C–C–N with tert-alkyl or cyclic N) is 1. The van der Waals surface area contributed by atoms with E-state index in [0.29, 0.717) is 33.6 Å². The molecule has 1 aliphatic rings. The van der Waals surface area contributed by atoms with Gasteiger partial charge < -0.3 is 25.0 Å². The van der Waals surface area contributed by atoms with Crippen LogP contribution in [0.25, 0.3) is 11.3 Å². The van der Waals surface area contributed by atoms with E-state index in [1.54, 1.807) is 42.5 Å². The minimum Gasteiger partial charge on any atom is -0.490 e. The molecule has 0 spiro atoms. The number of hydrogen-bond acceptors (Lipinski definition) is 6. The molecule has 2 aromatic carbocycles. The number of aliphatic hydroxyl groups excluding tert-OH is 1. The Morgan fingerprint density at radius 1 is 1.16 bits per heavy atom. The van der Waals surface area contributed by atoms with Gasteiger partial charge in [-0.05, 0) is 36.6 Å². The lowest BCUT2D eigenvalue weighted by molar-refractivity contribution is 0.0594. The number of carbonyl (C=O) groups is 1.